The van der Waals surface area contributed by atoms with Gasteiger partial charge in [0.25, 0.3) is 5.91 Å². The highest BCUT2D eigenvalue weighted by molar-refractivity contribution is 5.91. The van der Waals surface area contributed by atoms with Crippen LogP contribution in [0.3, 0.4) is 0 Å². The largest absolute Gasteiger partial charge is 0.351 e. The zero-order valence-electron chi connectivity index (χ0n) is 8.72. The van der Waals surface area contributed by atoms with Gasteiger partial charge in [0.2, 0.25) is 5.76 Å². The minimum Gasteiger partial charge on any atom is -0.351 e. The van der Waals surface area contributed by atoms with E-state index in [-0.39, 0.29) is 11.9 Å². The van der Waals surface area contributed by atoms with Crippen LogP contribution in [0.1, 0.15) is 23.9 Å². The number of rotatable bonds is 1. The smallest absolute Gasteiger partial charge is 0.292 e. The molecule has 0 aromatic carbocycles. The molecule has 2 heterocycles. The fourth-order valence-electron chi connectivity index (χ4n) is 1.83. The second kappa shape index (κ2) is 4.02. The molecule has 5 nitrogen and oxygen atoms in total. The van der Waals surface area contributed by atoms with Crippen molar-refractivity contribution >= 4 is 5.91 Å². The van der Waals surface area contributed by atoms with Gasteiger partial charge in [0, 0.05) is 25.2 Å². The number of hydrogen-bond donors (Lipinski definition) is 1. The molecule has 1 amide bonds. The molecule has 0 radical (unpaired) electrons. The fourth-order valence-corrected chi connectivity index (χ4v) is 1.83. The van der Waals surface area contributed by atoms with Gasteiger partial charge in [-0.1, -0.05) is 12.1 Å². The van der Waals surface area contributed by atoms with Gasteiger partial charge >= 0.3 is 0 Å². The first-order valence-corrected chi connectivity index (χ1v) is 5.14. The Balaban J connectivity index is 2.03. The third kappa shape index (κ3) is 2.02. The molecule has 1 fully saturated rings. The molecule has 1 saturated heterocycles. The Hall–Kier alpha value is -1.36. The normalized spacial score (nSPS) is 26.7. The molecular weight excluding hydrogens is 194 g/mol. The highest BCUT2D eigenvalue weighted by Crippen LogP contribution is 2.17. The lowest BCUT2D eigenvalue weighted by molar-refractivity contribution is 0.0622. The van der Waals surface area contributed by atoms with E-state index in [4.69, 9.17) is 10.3 Å². The minimum atomic E-state index is -0.0914. The van der Waals surface area contributed by atoms with E-state index >= 15 is 0 Å². The second-order valence-corrected chi connectivity index (χ2v) is 4.06. The predicted molar refractivity (Wildman–Crippen MR) is 54.2 cm³/mol. The molecule has 1 aromatic rings. The van der Waals surface area contributed by atoms with E-state index in [1.807, 2.05) is 0 Å². The van der Waals surface area contributed by atoms with Crippen LogP contribution in [0.5, 0.6) is 0 Å². The van der Waals surface area contributed by atoms with Crippen molar-refractivity contribution in [3.63, 3.8) is 0 Å². The summed E-state index contributed by atoms with van der Waals surface area (Å²) >= 11 is 0. The Kier molecular flexibility index (Phi) is 2.73. The van der Waals surface area contributed by atoms with Crippen molar-refractivity contribution in [1.82, 2.24) is 10.1 Å². The topological polar surface area (TPSA) is 72.4 Å². The van der Waals surface area contributed by atoms with Crippen molar-refractivity contribution in [2.45, 2.75) is 19.4 Å². The van der Waals surface area contributed by atoms with Crippen LogP contribution >= 0.6 is 0 Å². The Morgan fingerprint density at radius 3 is 3.13 bits per heavy atom. The van der Waals surface area contributed by atoms with Crippen molar-refractivity contribution in [2.24, 2.45) is 11.7 Å². The number of carbonyl (C=O) groups is 1. The molecule has 0 saturated carbocycles. The summed E-state index contributed by atoms with van der Waals surface area (Å²) in [5, 5.41) is 3.52. The van der Waals surface area contributed by atoms with E-state index in [2.05, 4.69) is 12.1 Å². The predicted octanol–water partition coefficient (Wildman–Crippen LogP) is 0.484. The van der Waals surface area contributed by atoms with Gasteiger partial charge in [0.05, 0.1) is 6.20 Å². The minimum absolute atomic E-state index is 0.0914. The third-order valence-electron chi connectivity index (χ3n) is 2.91. The lowest BCUT2D eigenvalue weighted by atomic mass is 9.95. The van der Waals surface area contributed by atoms with Crippen LogP contribution in [0.4, 0.5) is 0 Å². The molecular formula is C10H15N3O2. The van der Waals surface area contributed by atoms with E-state index < -0.39 is 0 Å². The highest BCUT2D eigenvalue weighted by atomic mass is 16.5. The van der Waals surface area contributed by atoms with Crippen LogP contribution in [-0.4, -0.2) is 35.1 Å². The lowest BCUT2D eigenvalue weighted by Gasteiger charge is -2.34. The number of hydrogen-bond acceptors (Lipinski definition) is 4. The van der Waals surface area contributed by atoms with Crippen LogP contribution in [0.15, 0.2) is 16.8 Å². The number of carbonyl (C=O) groups excluding carboxylic acids is 1. The van der Waals surface area contributed by atoms with Gasteiger partial charge in [0.1, 0.15) is 0 Å². The number of amides is 1. The van der Waals surface area contributed by atoms with Gasteiger partial charge in [-0.3, -0.25) is 4.79 Å². The van der Waals surface area contributed by atoms with Gasteiger partial charge in [-0.05, 0) is 12.3 Å². The monoisotopic (exact) mass is 209 g/mol. The molecule has 2 atom stereocenters. The van der Waals surface area contributed by atoms with Crippen molar-refractivity contribution in [3.8, 4) is 0 Å². The lowest BCUT2D eigenvalue weighted by Crippen LogP contribution is -2.48. The molecule has 2 N–H and O–H groups in total. The van der Waals surface area contributed by atoms with E-state index in [9.17, 15) is 4.79 Å². The van der Waals surface area contributed by atoms with Crippen LogP contribution in [0.2, 0.25) is 0 Å². The molecule has 82 valence electrons. The number of piperidine rings is 1. The first kappa shape index (κ1) is 10.2. The van der Waals surface area contributed by atoms with Crippen molar-refractivity contribution in [1.29, 1.82) is 0 Å². The average molecular weight is 209 g/mol. The summed E-state index contributed by atoms with van der Waals surface area (Å²) in [5.74, 6) is 0.551. The highest BCUT2D eigenvalue weighted by Gasteiger charge is 2.28. The molecule has 5 heteroatoms. The van der Waals surface area contributed by atoms with Crippen LogP contribution in [-0.2, 0) is 0 Å². The molecule has 1 aliphatic rings. The maximum Gasteiger partial charge on any atom is 0.292 e. The van der Waals surface area contributed by atoms with Gasteiger partial charge in [-0.15, -0.1) is 0 Å². The van der Waals surface area contributed by atoms with Gasteiger partial charge in [-0.25, -0.2) is 0 Å². The molecule has 0 aliphatic carbocycles. The zero-order chi connectivity index (χ0) is 10.8. The molecule has 2 rings (SSSR count). The average Bonchev–Trinajstić information content (AvgIpc) is 2.74. The fraction of sp³-hybridized carbons (Fsp3) is 0.600. The van der Waals surface area contributed by atoms with Crippen molar-refractivity contribution in [2.75, 3.05) is 13.1 Å². The van der Waals surface area contributed by atoms with Gasteiger partial charge in [-0.2, -0.15) is 0 Å². The Morgan fingerprint density at radius 1 is 1.73 bits per heavy atom. The number of nitrogens with zero attached hydrogens (tertiary/aromatic N) is 2. The molecule has 0 bridgehead atoms. The van der Waals surface area contributed by atoms with Crippen molar-refractivity contribution < 1.29 is 9.32 Å². The summed E-state index contributed by atoms with van der Waals surface area (Å²) in [7, 11) is 0. The molecule has 1 aliphatic heterocycles. The third-order valence-corrected chi connectivity index (χ3v) is 2.91. The maximum atomic E-state index is 11.9. The molecule has 15 heavy (non-hydrogen) atoms. The summed E-state index contributed by atoms with van der Waals surface area (Å²) in [5.41, 5.74) is 5.89. The van der Waals surface area contributed by atoms with E-state index in [0.29, 0.717) is 24.8 Å². The molecule has 2 unspecified atom stereocenters. The summed E-state index contributed by atoms with van der Waals surface area (Å²) < 4.78 is 4.84. The Bertz CT molecular complexity index is 336. The number of nitrogens with two attached hydrogens (primary N) is 1. The van der Waals surface area contributed by atoms with Crippen LogP contribution in [0, 0.1) is 5.92 Å². The van der Waals surface area contributed by atoms with E-state index in [0.717, 1.165) is 6.42 Å². The first-order valence-electron chi connectivity index (χ1n) is 5.14. The van der Waals surface area contributed by atoms with E-state index in [1.165, 1.54) is 6.20 Å². The van der Waals surface area contributed by atoms with Gasteiger partial charge < -0.3 is 15.2 Å². The summed E-state index contributed by atoms with van der Waals surface area (Å²) in [4.78, 5) is 13.6. The molecule has 1 aromatic heterocycles. The van der Waals surface area contributed by atoms with Gasteiger partial charge in [0.15, 0.2) is 0 Å². The standard InChI is InChI=1S/C10H15N3O2/c1-7-6-13(5-3-8(7)11)10(14)9-2-4-12-15-9/h2,4,7-8H,3,5-6,11H2,1H3. The molecule has 0 spiro atoms. The maximum absolute atomic E-state index is 11.9. The van der Waals surface area contributed by atoms with E-state index in [1.54, 1.807) is 11.0 Å². The Labute approximate surface area is 88.2 Å². The summed E-state index contributed by atoms with van der Waals surface area (Å²) in [6.45, 7) is 3.45. The quantitative estimate of drug-likeness (QED) is 0.730. The van der Waals surface area contributed by atoms with Crippen molar-refractivity contribution in [3.05, 3.63) is 18.0 Å². The summed E-state index contributed by atoms with van der Waals surface area (Å²) in [6, 6.07) is 1.78. The summed E-state index contributed by atoms with van der Waals surface area (Å²) in [6.07, 6.45) is 2.33. The zero-order valence-corrected chi connectivity index (χ0v) is 8.72. The van der Waals surface area contributed by atoms with Crippen LogP contribution in [0.25, 0.3) is 0 Å². The van der Waals surface area contributed by atoms with Crippen LogP contribution < -0.4 is 5.73 Å². The Morgan fingerprint density at radius 2 is 2.53 bits per heavy atom. The number of likely N-dealkylation sites (tertiary alicyclic amines) is 1. The number of aromatic nitrogens is 1. The second-order valence-electron chi connectivity index (χ2n) is 4.06. The SMILES string of the molecule is CC1CN(C(=O)c2ccno2)CCC1N. The first-order chi connectivity index (χ1) is 7.18.